The third-order valence-electron chi connectivity index (χ3n) is 14.0. The quantitative estimate of drug-likeness (QED) is 0.103. The van der Waals surface area contributed by atoms with E-state index in [1.165, 1.54) is 90.1 Å². The van der Waals surface area contributed by atoms with Gasteiger partial charge in [-0.15, -0.1) is 0 Å². The van der Waals surface area contributed by atoms with Gasteiger partial charge in [-0.1, -0.05) is 184 Å². The Kier molecular flexibility index (Phi) is 14.1. The maximum atomic E-state index is 2.70. The molecule has 0 fully saturated rings. The number of hydrogen-bond donors (Lipinski definition) is 0. The van der Waals surface area contributed by atoms with Gasteiger partial charge in [-0.05, 0) is 71.6 Å². The zero-order chi connectivity index (χ0) is 46.3. The predicted molar refractivity (Wildman–Crippen MR) is 277 cm³/mol. The molecule has 2 heterocycles. The first-order valence-electron chi connectivity index (χ1n) is 24.9. The topological polar surface area (TPSA) is 12.5 Å². The van der Waals surface area contributed by atoms with E-state index in [2.05, 4.69) is 227 Å². The molecule has 7 rings (SSSR count). The summed E-state index contributed by atoms with van der Waals surface area (Å²) in [5, 5.41) is 0. The van der Waals surface area contributed by atoms with Crippen LogP contribution in [0.3, 0.4) is 0 Å². The van der Waals surface area contributed by atoms with Gasteiger partial charge in [0.25, 0.3) is 11.7 Å². The van der Waals surface area contributed by atoms with E-state index in [9.17, 15) is 0 Å². The fraction of sp³-hybridized carbons (Fsp3) is 0.467. The Bertz CT molecular complexity index is 2240. The lowest BCUT2D eigenvalue weighted by Crippen LogP contribution is -2.33. The molecule has 4 heteroatoms. The van der Waals surface area contributed by atoms with Gasteiger partial charge < -0.3 is 0 Å². The summed E-state index contributed by atoms with van der Waals surface area (Å²) in [7, 11) is 0. The van der Waals surface area contributed by atoms with E-state index < -0.39 is 0 Å². The van der Waals surface area contributed by atoms with E-state index in [0.29, 0.717) is 47.3 Å². The second-order valence-electron chi connectivity index (χ2n) is 21.2. The average molecular weight is 857 g/mol. The number of rotatable bonds is 14. The lowest BCUT2D eigenvalue weighted by molar-refractivity contribution is -0.429. The first-order valence-corrected chi connectivity index (χ1v) is 24.9. The second-order valence-corrected chi connectivity index (χ2v) is 21.2. The highest BCUT2D eigenvalue weighted by Gasteiger charge is 2.42. The highest BCUT2D eigenvalue weighted by Crippen LogP contribution is 2.43. The molecule has 2 aliphatic heterocycles. The van der Waals surface area contributed by atoms with Crippen molar-refractivity contribution >= 4 is 34.4 Å². The van der Waals surface area contributed by atoms with Gasteiger partial charge in [0.2, 0.25) is 0 Å². The normalized spacial score (nSPS) is 14.9. The van der Waals surface area contributed by atoms with Crippen LogP contribution in [-0.2, 0) is 0 Å². The first kappa shape index (κ1) is 47.0. The van der Waals surface area contributed by atoms with Crippen LogP contribution in [0.4, 0.5) is 22.7 Å². The van der Waals surface area contributed by atoms with Crippen LogP contribution < -0.4 is 9.80 Å². The van der Waals surface area contributed by atoms with Gasteiger partial charge >= 0.3 is 0 Å². The molecule has 0 N–H and O–H groups in total. The van der Waals surface area contributed by atoms with Crippen molar-refractivity contribution < 1.29 is 9.15 Å². The number of benzene rings is 5. The van der Waals surface area contributed by atoms with Gasteiger partial charge in [0.05, 0.1) is 11.1 Å². The van der Waals surface area contributed by atoms with Gasteiger partial charge in [-0.3, -0.25) is 0 Å². The number of amidine groups is 2. The van der Waals surface area contributed by atoms with Crippen LogP contribution >= 0.6 is 0 Å². The SMILES string of the molecule is CC(C)c1cccc(C(C)C)c1N1CC[N+](c2c(C(C)C)cccc2C(C)C)=C1c1ccc(C2=[N+](c3c(C(C)C)cccc3C(C)C)CCN2c2c(C(C)C)cccc2C(C)C)cc1. The molecule has 2 aliphatic rings. The van der Waals surface area contributed by atoms with Crippen LogP contribution in [0.25, 0.3) is 0 Å². The zero-order valence-electron chi connectivity index (χ0n) is 42.5. The maximum Gasteiger partial charge on any atom is 0.289 e. The summed E-state index contributed by atoms with van der Waals surface area (Å²) >= 11 is 0. The molecule has 0 spiro atoms. The fourth-order valence-electron chi connectivity index (χ4n) is 10.7. The maximum absolute atomic E-state index is 2.70. The number of hydrogen-bond acceptors (Lipinski definition) is 2. The lowest BCUT2D eigenvalue weighted by Gasteiger charge is -2.25. The monoisotopic (exact) mass is 857 g/mol. The van der Waals surface area contributed by atoms with Crippen molar-refractivity contribution in [3.05, 3.63) is 153 Å². The summed E-state index contributed by atoms with van der Waals surface area (Å²) < 4.78 is 5.40. The van der Waals surface area contributed by atoms with Crippen LogP contribution in [-0.4, -0.2) is 47.0 Å². The summed E-state index contributed by atoms with van der Waals surface area (Å²) in [6, 6.07) is 37.9. The molecule has 64 heavy (non-hydrogen) atoms. The van der Waals surface area contributed by atoms with Crippen molar-refractivity contribution in [3.8, 4) is 0 Å². The molecule has 4 nitrogen and oxygen atoms in total. The number of nitrogens with zero attached hydrogens (tertiary/aromatic N) is 4. The molecular formula is C60H80N4+2. The average Bonchev–Trinajstić information content (AvgIpc) is 3.90. The predicted octanol–water partition coefficient (Wildman–Crippen LogP) is 15.9. The minimum atomic E-state index is 0.394. The van der Waals surface area contributed by atoms with Crippen molar-refractivity contribution in [1.29, 1.82) is 0 Å². The van der Waals surface area contributed by atoms with Crippen LogP contribution in [0.15, 0.2) is 97.1 Å². The highest BCUT2D eigenvalue weighted by molar-refractivity contribution is 6.12. The van der Waals surface area contributed by atoms with Crippen molar-refractivity contribution in [1.82, 2.24) is 0 Å². The number of anilines is 2. The van der Waals surface area contributed by atoms with E-state index in [1.54, 1.807) is 0 Å². The van der Waals surface area contributed by atoms with Gasteiger partial charge in [0.1, 0.15) is 48.9 Å². The number of para-hydroxylation sites is 4. The van der Waals surface area contributed by atoms with E-state index in [-0.39, 0.29) is 0 Å². The third kappa shape index (κ3) is 8.76. The largest absolute Gasteiger partial charge is 0.289 e. The molecule has 0 saturated carbocycles. The first-order chi connectivity index (χ1) is 30.4. The molecule has 0 amide bonds. The van der Waals surface area contributed by atoms with Crippen molar-refractivity contribution in [2.45, 2.75) is 158 Å². The molecule has 0 radical (unpaired) electrons. The van der Waals surface area contributed by atoms with E-state index in [4.69, 9.17) is 0 Å². The summed E-state index contributed by atoms with van der Waals surface area (Å²) in [5.41, 5.74) is 19.5. The Balaban J connectivity index is 1.54. The Hall–Kier alpha value is -4.96. The lowest BCUT2D eigenvalue weighted by atomic mass is 9.91. The summed E-state index contributed by atoms with van der Waals surface area (Å²) in [4.78, 5) is 5.40. The van der Waals surface area contributed by atoms with Crippen molar-refractivity contribution in [3.63, 3.8) is 0 Å². The summed E-state index contributed by atoms with van der Waals surface area (Å²) in [6.07, 6.45) is 0. The molecular weight excluding hydrogens is 777 g/mol. The third-order valence-corrected chi connectivity index (χ3v) is 14.0. The molecule has 0 unspecified atom stereocenters. The highest BCUT2D eigenvalue weighted by atomic mass is 15.3. The van der Waals surface area contributed by atoms with Crippen LogP contribution in [0, 0.1) is 0 Å². The van der Waals surface area contributed by atoms with Crippen LogP contribution in [0.5, 0.6) is 0 Å². The van der Waals surface area contributed by atoms with E-state index in [1.807, 2.05) is 0 Å². The van der Waals surface area contributed by atoms with Crippen LogP contribution in [0.1, 0.15) is 214 Å². The molecule has 5 aromatic rings. The molecule has 0 bridgehead atoms. The fourth-order valence-corrected chi connectivity index (χ4v) is 10.7. The van der Waals surface area contributed by atoms with Gasteiger partial charge in [-0.25, -0.2) is 19.0 Å². The van der Waals surface area contributed by atoms with E-state index >= 15 is 0 Å². The molecule has 0 atom stereocenters. The Morgan fingerprint density at radius 1 is 0.312 bits per heavy atom. The molecule has 338 valence electrons. The standard InChI is InChI=1S/C60H80N4/c1-37(2)47-21-17-22-48(38(3)4)55(47)61-33-34-62(56-49(39(5)6)23-18-24-50(56)40(7)8)59(61)45-29-31-46(32-30-45)60-63(57-51(41(9)10)25-19-26-52(57)42(11)12)35-36-64(60)58-53(43(13)14)27-20-28-54(58)44(15)16/h17-32,37-44H,33-36H2,1-16H3/q+2. The second kappa shape index (κ2) is 19.3. The molecule has 0 aliphatic carbocycles. The van der Waals surface area contributed by atoms with Crippen molar-refractivity contribution in [2.75, 3.05) is 36.0 Å². The molecule has 0 saturated heterocycles. The van der Waals surface area contributed by atoms with Crippen LogP contribution in [0.2, 0.25) is 0 Å². The Morgan fingerprint density at radius 3 is 0.750 bits per heavy atom. The Morgan fingerprint density at radius 2 is 0.531 bits per heavy atom. The molecule has 5 aromatic carbocycles. The summed E-state index contributed by atoms with van der Waals surface area (Å²) in [5.74, 6) is 5.73. The molecule has 0 aromatic heterocycles. The summed E-state index contributed by atoms with van der Waals surface area (Å²) in [6.45, 7) is 41.4. The Labute approximate surface area is 388 Å². The van der Waals surface area contributed by atoms with Gasteiger partial charge in [-0.2, -0.15) is 0 Å². The minimum Gasteiger partial charge on any atom is -0.222 e. The van der Waals surface area contributed by atoms with Gasteiger partial charge in [0, 0.05) is 44.5 Å². The van der Waals surface area contributed by atoms with E-state index in [0.717, 1.165) is 26.2 Å². The van der Waals surface area contributed by atoms with Crippen molar-refractivity contribution in [2.24, 2.45) is 0 Å². The van der Waals surface area contributed by atoms with Gasteiger partial charge in [0.15, 0.2) is 0 Å². The smallest absolute Gasteiger partial charge is 0.222 e. The minimum absolute atomic E-state index is 0.394. The zero-order valence-corrected chi connectivity index (χ0v) is 42.5.